The normalized spacial score (nSPS) is 13.0. The summed E-state index contributed by atoms with van der Waals surface area (Å²) >= 11 is 0. The number of hydrogen-bond acceptors (Lipinski definition) is 6. The van der Waals surface area contributed by atoms with Crippen molar-refractivity contribution >= 4 is 17.0 Å². The van der Waals surface area contributed by atoms with Crippen LogP contribution in [0.4, 0.5) is 0 Å². The number of rotatable bonds is 4. The quantitative estimate of drug-likeness (QED) is 0.511. The molecule has 0 amide bonds. The molecule has 0 saturated carbocycles. The average Bonchev–Trinajstić information content (AvgIpc) is 3.26. The second kappa shape index (κ2) is 6.57. The minimum atomic E-state index is -0.452. The van der Waals surface area contributed by atoms with E-state index in [1.54, 1.807) is 30.5 Å². The summed E-state index contributed by atoms with van der Waals surface area (Å²) in [4.78, 5) is 17.6. The van der Waals surface area contributed by atoms with Crippen molar-refractivity contribution in [3.05, 3.63) is 41.7 Å². The van der Waals surface area contributed by atoms with E-state index in [1.807, 2.05) is 32.4 Å². The van der Waals surface area contributed by atoms with E-state index in [2.05, 4.69) is 5.10 Å². The van der Waals surface area contributed by atoms with Gasteiger partial charge in [-0.25, -0.2) is 14.5 Å². The topological polar surface area (TPSA) is 75.5 Å². The second-order valence-corrected chi connectivity index (χ2v) is 7.07. The molecule has 0 N–H and O–H groups in total. The lowest BCUT2D eigenvalue weighted by Crippen LogP contribution is -2.12. The van der Waals surface area contributed by atoms with Crippen molar-refractivity contribution < 1.29 is 19.0 Å². The molecule has 0 atom stereocenters. The maximum Gasteiger partial charge on any atom is 0.344 e. The van der Waals surface area contributed by atoms with Crippen LogP contribution in [-0.2, 0) is 0 Å². The number of carbonyl (C=O) groups excluding carboxylic acids is 1. The number of pyridine rings is 1. The summed E-state index contributed by atoms with van der Waals surface area (Å²) in [5, 5.41) is 5.08. The van der Waals surface area contributed by atoms with Gasteiger partial charge in [0, 0.05) is 17.8 Å². The third-order valence-electron chi connectivity index (χ3n) is 4.44. The minimum Gasteiger partial charge on any atom is -0.454 e. The average molecular weight is 367 g/mol. The van der Waals surface area contributed by atoms with Crippen molar-refractivity contribution in [3.63, 3.8) is 0 Å². The fraction of sp³-hybridized carbons (Fsp3) is 0.350. The van der Waals surface area contributed by atoms with Crippen LogP contribution < -0.4 is 14.2 Å². The van der Waals surface area contributed by atoms with E-state index in [4.69, 9.17) is 19.2 Å². The fourth-order valence-corrected chi connectivity index (χ4v) is 2.98. The van der Waals surface area contributed by atoms with Crippen LogP contribution in [0.3, 0.4) is 0 Å². The summed E-state index contributed by atoms with van der Waals surface area (Å²) in [6, 6.07) is 6.98. The van der Waals surface area contributed by atoms with Gasteiger partial charge in [-0.05, 0) is 38.0 Å². The number of fused-ring (bicyclic) bond motifs is 2. The molecule has 0 unspecified atom stereocenters. The Morgan fingerprint density at radius 1 is 1.15 bits per heavy atom. The molecule has 1 aliphatic heterocycles. The molecule has 0 saturated heterocycles. The summed E-state index contributed by atoms with van der Waals surface area (Å²) in [5.74, 6) is 1.32. The van der Waals surface area contributed by atoms with Gasteiger partial charge in [0.05, 0.1) is 17.1 Å². The van der Waals surface area contributed by atoms with Crippen LogP contribution in [0.15, 0.2) is 30.5 Å². The highest BCUT2D eigenvalue weighted by Gasteiger charge is 2.21. The number of benzene rings is 1. The van der Waals surface area contributed by atoms with Crippen LogP contribution in [-0.4, -0.2) is 27.5 Å². The van der Waals surface area contributed by atoms with Gasteiger partial charge in [0.25, 0.3) is 0 Å². The van der Waals surface area contributed by atoms with Gasteiger partial charge in [-0.1, -0.05) is 13.8 Å². The van der Waals surface area contributed by atoms with Gasteiger partial charge in [-0.3, -0.25) is 0 Å². The zero-order valence-electron chi connectivity index (χ0n) is 15.7. The summed E-state index contributed by atoms with van der Waals surface area (Å²) in [6.07, 6.45) is 1.67. The first-order valence-electron chi connectivity index (χ1n) is 8.94. The number of nitrogens with zero attached hydrogens (tertiary/aromatic N) is 3. The van der Waals surface area contributed by atoms with Crippen LogP contribution in [0.25, 0.3) is 11.0 Å². The molecule has 0 bridgehead atoms. The van der Waals surface area contributed by atoms with Crippen LogP contribution in [0.2, 0.25) is 0 Å². The molecule has 0 fully saturated rings. The van der Waals surface area contributed by atoms with Crippen LogP contribution >= 0.6 is 0 Å². The SMILES string of the molecule is CC(C)c1cc(C(=O)Oc2ccc3c(c2)OCO3)c2cnn(C(C)C)c2n1. The van der Waals surface area contributed by atoms with E-state index < -0.39 is 5.97 Å². The Hall–Kier alpha value is -3.09. The smallest absolute Gasteiger partial charge is 0.344 e. The van der Waals surface area contributed by atoms with Gasteiger partial charge in [0.2, 0.25) is 6.79 Å². The van der Waals surface area contributed by atoms with Gasteiger partial charge in [0.15, 0.2) is 17.1 Å². The number of hydrogen-bond donors (Lipinski definition) is 0. The predicted molar refractivity (Wildman–Crippen MR) is 99.5 cm³/mol. The number of carbonyl (C=O) groups is 1. The minimum absolute atomic E-state index is 0.134. The first kappa shape index (κ1) is 17.3. The molecule has 3 heterocycles. The van der Waals surface area contributed by atoms with Crippen molar-refractivity contribution in [2.45, 2.75) is 39.7 Å². The highest BCUT2D eigenvalue weighted by atomic mass is 16.7. The maximum absolute atomic E-state index is 12.9. The molecule has 4 rings (SSSR count). The van der Waals surface area contributed by atoms with Gasteiger partial charge in [-0.2, -0.15) is 5.10 Å². The van der Waals surface area contributed by atoms with Crippen molar-refractivity contribution in [3.8, 4) is 17.2 Å². The zero-order chi connectivity index (χ0) is 19.1. The fourth-order valence-electron chi connectivity index (χ4n) is 2.98. The Bertz CT molecular complexity index is 1020. The van der Waals surface area contributed by atoms with Gasteiger partial charge in [-0.15, -0.1) is 0 Å². The molecule has 0 spiro atoms. The first-order chi connectivity index (χ1) is 12.9. The summed E-state index contributed by atoms with van der Waals surface area (Å²) < 4.78 is 18.0. The van der Waals surface area contributed by atoms with E-state index in [-0.39, 0.29) is 18.8 Å². The van der Waals surface area contributed by atoms with Crippen molar-refractivity contribution in [1.82, 2.24) is 14.8 Å². The zero-order valence-corrected chi connectivity index (χ0v) is 15.7. The molecule has 0 aliphatic carbocycles. The predicted octanol–water partition coefficient (Wildman–Crippen LogP) is 4.08. The molecule has 0 radical (unpaired) electrons. The lowest BCUT2D eigenvalue weighted by Gasteiger charge is -2.12. The molecule has 1 aromatic carbocycles. The summed E-state index contributed by atoms with van der Waals surface area (Å²) in [7, 11) is 0. The Labute approximate surface area is 156 Å². The summed E-state index contributed by atoms with van der Waals surface area (Å²) in [6.45, 7) is 8.31. The number of aromatic nitrogens is 3. The van der Waals surface area contributed by atoms with E-state index in [0.29, 0.717) is 33.8 Å². The van der Waals surface area contributed by atoms with Crippen LogP contribution in [0.5, 0.6) is 17.2 Å². The maximum atomic E-state index is 12.9. The van der Waals surface area contributed by atoms with Gasteiger partial charge < -0.3 is 14.2 Å². The lowest BCUT2D eigenvalue weighted by molar-refractivity contribution is 0.0736. The van der Waals surface area contributed by atoms with Gasteiger partial charge in [0.1, 0.15) is 5.75 Å². The molecule has 2 aromatic heterocycles. The van der Waals surface area contributed by atoms with Crippen molar-refractivity contribution in [2.24, 2.45) is 0 Å². The highest BCUT2D eigenvalue weighted by molar-refractivity contribution is 6.03. The second-order valence-electron chi connectivity index (χ2n) is 7.07. The molecular formula is C20H21N3O4. The Kier molecular flexibility index (Phi) is 4.22. The van der Waals surface area contributed by atoms with Crippen molar-refractivity contribution in [1.29, 1.82) is 0 Å². The van der Waals surface area contributed by atoms with E-state index in [0.717, 1.165) is 5.69 Å². The Balaban J connectivity index is 1.74. The Morgan fingerprint density at radius 2 is 1.93 bits per heavy atom. The third kappa shape index (κ3) is 3.09. The Morgan fingerprint density at radius 3 is 2.67 bits per heavy atom. The van der Waals surface area contributed by atoms with Crippen LogP contribution in [0, 0.1) is 0 Å². The van der Waals surface area contributed by atoms with E-state index in [1.165, 1.54) is 0 Å². The van der Waals surface area contributed by atoms with Crippen LogP contribution in [0.1, 0.15) is 55.7 Å². The summed E-state index contributed by atoms with van der Waals surface area (Å²) in [5.41, 5.74) is 1.96. The molecule has 7 heteroatoms. The molecule has 3 aromatic rings. The largest absolute Gasteiger partial charge is 0.454 e. The lowest BCUT2D eigenvalue weighted by atomic mass is 10.1. The highest BCUT2D eigenvalue weighted by Crippen LogP contribution is 2.35. The van der Waals surface area contributed by atoms with Gasteiger partial charge >= 0.3 is 5.97 Å². The third-order valence-corrected chi connectivity index (χ3v) is 4.44. The molecule has 27 heavy (non-hydrogen) atoms. The van der Waals surface area contributed by atoms with E-state index >= 15 is 0 Å². The first-order valence-corrected chi connectivity index (χ1v) is 8.94. The van der Waals surface area contributed by atoms with Crippen molar-refractivity contribution in [2.75, 3.05) is 6.79 Å². The standard InChI is InChI=1S/C20H21N3O4/c1-11(2)16-8-14(15-9-21-23(12(3)4)19(15)22-16)20(24)27-13-5-6-17-18(7-13)26-10-25-17/h5-9,11-12H,10H2,1-4H3. The molecule has 140 valence electrons. The monoisotopic (exact) mass is 367 g/mol. The number of ether oxygens (including phenoxy) is 3. The molecular weight excluding hydrogens is 346 g/mol. The van der Waals surface area contributed by atoms with E-state index in [9.17, 15) is 4.79 Å². The molecule has 7 nitrogen and oxygen atoms in total. The molecule has 1 aliphatic rings. The number of esters is 1.